The maximum absolute atomic E-state index is 12.8. The molecule has 1 aliphatic rings. The third-order valence-corrected chi connectivity index (χ3v) is 6.88. The maximum atomic E-state index is 12.8. The number of amides is 1. The van der Waals surface area contributed by atoms with Crippen LogP contribution in [0.15, 0.2) is 48.7 Å². The number of rotatable bonds is 12. The van der Waals surface area contributed by atoms with E-state index in [-0.39, 0.29) is 12.2 Å². The molecule has 42 heavy (non-hydrogen) atoms. The Morgan fingerprint density at radius 2 is 1.64 bits per heavy atom. The van der Waals surface area contributed by atoms with E-state index < -0.39 is 43.5 Å². The molecule has 1 aromatic heterocycles. The smallest absolute Gasteiger partial charge is 0.251 e. The van der Waals surface area contributed by atoms with E-state index in [9.17, 15) is 25.2 Å². The Kier molecular flexibility index (Phi) is 9.99. The van der Waals surface area contributed by atoms with Crippen molar-refractivity contribution in [3.05, 3.63) is 65.5 Å². The van der Waals surface area contributed by atoms with Gasteiger partial charge in [-0.3, -0.25) is 9.78 Å². The van der Waals surface area contributed by atoms with Gasteiger partial charge >= 0.3 is 0 Å². The van der Waals surface area contributed by atoms with E-state index in [1.807, 2.05) is 24.3 Å². The van der Waals surface area contributed by atoms with Crippen LogP contribution in [0.5, 0.6) is 23.0 Å². The monoisotopic (exact) mass is 582 g/mol. The minimum absolute atomic E-state index is 0.238. The summed E-state index contributed by atoms with van der Waals surface area (Å²) in [6.07, 6.45) is -3.23. The first-order valence-corrected chi connectivity index (χ1v) is 13.1. The van der Waals surface area contributed by atoms with Gasteiger partial charge in [-0.2, -0.15) is 0 Å². The summed E-state index contributed by atoms with van der Waals surface area (Å²) in [6.45, 7) is -0.960. The lowest BCUT2D eigenvalue weighted by atomic mass is 9.98. The molecule has 0 fully saturated rings. The van der Waals surface area contributed by atoms with Crippen molar-refractivity contribution in [3.63, 3.8) is 0 Å². The molecule has 0 saturated carbocycles. The van der Waals surface area contributed by atoms with Crippen LogP contribution in [0.1, 0.15) is 21.6 Å². The summed E-state index contributed by atoms with van der Waals surface area (Å²) in [5.41, 5.74) is 3.93. The summed E-state index contributed by atoms with van der Waals surface area (Å²) in [5, 5.41) is 50.8. The van der Waals surface area contributed by atoms with Crippen LogP contribution in [0.4, 0.5) is 0 Å². The Morgan fingerprint density at radius 1 is 0.952 bits per heavy atom. The number of pyridine rings is 1. The minimum atomic E-state index is -1.79. The standard InChI is InChI=1S/C30H34N2O10/c1-39-24-11-18(12-25(40-2)29(24)41-3)19-10-21-28(42-15-19)20(7-8-31-21)16-5-4-6-17(9-16)30(38)32-13-22(34)26(36)27(37)23(35)14-33/h4-12,22-23,26-27,33-37H,13-15H2,1-3H3,(H,32,38)/t22-,23+,26+,27+/m0/s1. The van der Waals surface area contributed by atoms with Crippen molar-refractivity contribution in [2.24, 2.45) is 0 Å². The molecule has 0 saturated heterocycles. The van der Waals surface area contributed by atoms with Crippen LogP contribution in [-0.2, 0) is 0 Å². The topological polar surface area (TPSA) is 180 Å². The van der Waals surface area contributed by atoms with E-state index in [4.69, 9.17) is 24.1 Å². The molecule has 4 atom stereocenters. The van der Waals surface area contributed by atoms with Gasteiger partial charge in [0.15, 0.2) is 17.2 Å². The first kappa shape index (κ1) is 30.8. The van der Waals surface area contributed by atoms with Crippen LogP contribution >= 0.6 is 0 Å². The van der Waals surface area contributed by atoms with Crippen molar-refractivity contribution in [1.82, 2.24) is 10.3 Å². The number of carbonyl (C=O) groups excluding carboxylic acids is 1. The van der Waals surface area contributed by atoms with Crippen LogP contribution < -0.4 is 24.3 Å². The Balaban J connectivity index is 1.55. The van der Waals surface area contributed by atoms with Gasteiger partial charge in [-0.1, -0.05) is 12.1 Å². The Hall–Kier alpha value is -4.20. The molecule has 0 radical (unpaired) electrons. The third-order valence-electron chi connectivity index (χ3n) is 6.88. The van der Waals surface area contributed by atoms with Crippen molar-refractivity contribution in [2.45, 2.75) is 24.4 Å². The normalized spacial score (nSPS) is 15.3. The highest BCUT2D eigenvalue weighted by molar-refractivity contribution is 5.96. The number of aromatic nitrogens is 1. The number of benzene rings is 2. The second kappa shape index (κ2) is 13.6. The van der Waals surface area contributed by atoms with Gasteiger partial charge in [-0.25, -0.2) is 0 Å². The fraction of sp³-hybridized carbons (Fsp3) is 0.333. The highest BCUT2D eigenvalue weighted by Crippen LogP contribution is 2.42. The summed E-state index contributed by atoms with van der Waals surface area (Å²) in [6, 6.07) is 12.2. The first-order chi connectivity index (χ1) is 20.2. The van der Waals surface area contributed by atoms with E-state index in [0.29, 0.717) is 39.8 Å². The summed E-state index contributed by atoms with van der Waals surface area (Å²) in [5.74, 6) is 1.51. The van der Waals surface area contributed by atoms with Crippen LogP contribution in [0.25, 0.3) is 22.8 Å². The average molecular weight is 583 g/mol. The highest BCUT2D eigenvalue weighted by Gasteiger charge is 2.30. The third kappa shape index (κ3) is 6.48. The van der Waals surface area contributed by atoms with E-state index in [1.165, 1.54) is 7.11 Å². The fourth-order valence-corrected chi connectivity index (χ4v) is 4.55. The van der Waals surface area contributed by atoms with Crippen molar-refractivity contribution < 1.29 is 49.3 Å². The second-order valence-electron chi connectivity index (χ2n) is 9.53. The molecule has 0 bridgehead atoms. The molecule has 0 aliphatic carbocycles. The molecule has 2 aromatic carbocycles. The van der Waals surface area contributed by atoms with E-state index in [1.54, 1.807) is 44.7 Å². The number of nitrogens with zero attached hydrogens (tertiary/aromatic N) is 1. The van der Waals surface area contributed by atoms with Crippen LogP contribution in [0.3, 0.4) is 0 Å². The van der Waals surface area contributed by atoms with E-state index >= 15 is 0 Å². The Morgan fingerprint density at radius 3 is 2.29 bits per heavy atom. The number of nitrogens with one attached hydrogen (secondary N) is 1. The molecule has 0 unspecified atom stereocenters. The fourth-order valence-electron chi connectivity index (χ4n) is 4.55. The van der Waals surface area contributed by atoms with E-state index in [0.717, 1.165) is 11.1 Å². The van der Waals surface area contributed by atoms with Crippen LogP contribution in [0, 0.1) is 0 Å². The van der Waals surface area contributed by atoms with Gasteiger partial charge in [0.25, 0.3) is 5.91 Å². The molecule has 12 nitrogen and oxygen atoms in total. The summed E-state index contributed by atoms with van der Waals surface area (Å²) < 4.78 is 22.5. The Bertz CT molecular complexity index is 1420. The molecule has 1 amide bonds. The maximum Gasteiger partial charge on any atom is 0.251 e. The lowest BCUT2D eigenvalue weighted by Gasteiger charge is -2.25. The van der Waals surface area contributed by atoms with Gasteiger partial charge in [0.1, 0.15) is 30.6 Å². The van der Waals surface area contributed by atoms with Gasteiger partial charge in [-0.05, 0) is 53.1 Å². The molecular weight excluding hydrogens is 548 g/mol. The number of hydrogen-bond donors (Lipinski definition) is 6. The summed E-state index contributed by atoms with van der Waals surface area (Å²) in [7, 11) is 4.63. The zero-order valence-electron chi connectivity index (χ0n) is 23.4. The van der Waals surface area contributed by atoms with Crippen molar-refractivity contribution in [3.8, 4) is 34.1 Å². The molecule has 6 N–H and O–H groups in total. The summed E-state index contributed by atoms with van der Waals surface area (Å²) >= 11 is 0. The molecule has 2 heterocycles. The van der Waals surface area contributed by atoms with Gasteiger partial charge in [0, 0.05) is 23.9 Å². The number of fused-ring (bicyclic) bond motifs is 1. The van der Waals surface area contributed by atoms with Crippen LogP contribution in [0.2, 0.25) is 0 Å². The molecule has 224 valence electrons. The number of methoxy groups -OCH3 is 3. The lowest BCUT2D eigenvalue weighted by Crippen LogP contribution is -2.49. The second-order valence-corrected chi connectivity index (χ2v) is 9.53. The first-order valence-electron chi connectivity index (χ1n) is 13.1. The number of aliphatic hydroxyl groups is 5. The molecule has 0 spiro atoms. The highest BCUT2D eigenvalue weighted by atomic mass is 16.5. The molecule has 12 heteroatoms. The average Bonchev–Trinajstić information content (AvgIpc) is 3.04. The van der Waals surface area contributed by atoms with Gasteiger partial charge in [0.2, 0.25) is 5.75 Å². The predicted octanol–water partition coefficient (Wildman–Crippen LogP) is 0.873. The molecule has 4 rings (SSSR count). The van der Waals surface area contributed by atoms with Crippen molar-refractivity contribution >= 4 is 17.6 Å². The number of aliphatic hydroxyl groups excluding tert-OH is 5. The van der Waals surface area contributed by atoms with E-state index in [2.05, 4.69) is 10.3 Å². The van der Waals surface area contributed by atoms with Crippen molar-refractivity contribution in [1.29, 1.82) is 0 Å². The SMILES string of the molecule is COc1cc(C2=Cc3nccc(-c4cccc(C(=O)NC[C@H](O)[C@@H](O)[C@H](O)[C@H](O)CO)c4)c3OC2)cc(OC)c1OC. The largest absolute Gasteiger partial charge is 0.493 e. The van der Waals surface area contributed by atoms with Crippen molar-refractivity contribution in [2.75, 3.05) is 41.1 Å². The number of hydrogen-bond acceptors (Lipinski definition) is 11. The number of ether oxygens (including phenoxy) is 4. The zero-order valence-corrected chi connectivity index (χ0v) is 23.4. The predicted molar refractivity (Wildman–Crippen MR) is 153 cm³/mol. The summed E-state index contributed by atoms with van der Waals surface area (Å²) in [4.78, 5) is 17.3. The minimum Gasteiger partial charge on any atom is -0.493 e. The zero-order chi connectivity index (χ0) is 30.4. The molecular formula is C30H34N2O10. The van der Waals surface area contributed by atoms with Gasteiger partial charge in [-0.15, -0.1) is 0 Å². The Labute approximate surface area is 242 Å². The molecule has 3 aromatic rings. The number of carbonyl (C=O) groups is 1. The molecule has 1 aliphatic heterocycles. The lowest BCUT2D eigenvalue weighted by molar-refractivity contribution is -0.113. The van der Waals surface area contributed by atoms with Crippen LogP contribution in [-0.4, -0.2) is 102 Å². The van der Waals surface area contributed by atoms with Gasteiger partial charge in [0.05, 0.1) is 34.0 Å². The quantitative estimate of drug-likeness (QED) is 0.178. The van der Waals surface area contributed by atoms with Gasteiger partial charge < -0.3 is 49.8 Å².